The topological polar surface area (TPSA) is 62.2 Å². The van der Waals surface area contributed by atoms with Crippen LogP contribution >= 0.6 is 11.3 Å². The number of carboxylic acid groups (broad SMARTS) is 1. The van der Waals surface area contributed by atoms with E-state index in [-0.39, 0.29) is 10.8 Å². The molecule has 2 rings (SSSR count). The first-order valence-electron chi connectivity index (χ1n) is 5.53. The first kappa shape index (κ1) is 15.2. The number of hydrogen-bond acceptors (Lipinski definition) is 4. The van der Waals surface area contributed by atoms with Gasteiger partial charge in [-0.25, -0.2) is 14.2 Å². The Morgan fingerprint density at radius 1 is 1.38 bits per heavy atom. The van der Waals surface area contributed by atoms with Crippen molar-refractivity contribution in [2.24, 2.45) is 0 Å². The van der Waals surface area contributed by atoms with Crippen LogP contribution in [0.25, 0.3) is 0 Å². The zero-order valence-electron chi connectivity index (χ0n) is 10.5. The molecule has 0 saturated carbocycles. The van der Waals surface area contributed by atoms with E-state index < -0.39 is 29.2 Å². The fourth-order valence-corrected chi connectivity index (χ4v) is 2.38. The largest absolute Gasteiger partial charge is 0.476 e. The van der Waals surface area contributed by atoms with Crippen molar-refractivity contribution < 1.29 is 27.5 Å². The molecule has 0 radical (unpaired) electrons. The van der Waals surface area contributed by atoms with Crippen molar-refractivity contribution in [3.05, 3.63) is 40.2 Å². The average Bonchev–Trinajstić information content (AvgIpc) is 2.72. The lowest BCUT2D eigenvalue weighted by atomic mass is 10.2. The first-order chi connectivity index (χ1) is 9.68. The number of alkyl halides is 3. The van der Waals surface area contributed by atoms with Crippen LogP contribution in [0.3, 0.4) is 0 Å². The van der Waals surface area contributed by atoms with E-state index in [0.29, 0.717) is 23.1 Å². The molecule has 1 aromatic carbocycles. The molecule has 2 N–H and O–H groups in total. The van der Waals surface area contributed by atoms with E-state index in [1.54, 1.807) is 0 Å². The number of hydrogen-bond donors (Lipinski definition) is 2. The number of carboxylic acids is 1. The summed E-state index contributed by atoms with van der Waals surface area (Å²) in [4.78, 5) is 14.9. The van der Waals surface area contributed by atoms with Crippen molar-refractivity contribution in [1.82, 2.24) is 4.98 Å². The second kappa shape index (κ2) is 5.32. The molecular weight excluding hydrogens is 312 g/mol. The maximum atomic E-state index is 13.5. The minimum Gasteiger partial charge on any atom is -0.476 e. The Morgan fingerprint density at radius 3 is 2.57 bits per heavy atom. The summed E-state index contributed by atoms with van der Waals surface area (Å²) in [6, 6.07) is 1.91. The minimum absolute atomic E-state index is 0.00289. The Labute approximate surface area is 120 Å². The van der Waals surface area contributed by atoms with Gasteiger partial charge in [-0.2, -0.15) is 13.2 Å². The molecule has 0 aliphatic rings. The van der Waals surface area contributed by atoms with E-state index >= 15 is 0 Å². The third kappa shape index (κ3) is 3.30. The summed E-state index contributed by atoms with van der Waals surface area (Å²) >= 11 is 0.909. The van der Waals surface area contributed by atoms with Gasteiger partial charge in [0.1, 0.15) is 5.82 Å². The number of carbonyl (C=O) groups is 1. The quantitative estimate of drug-likeness (QED) is 0.838. The third-order valence-electron chi connectivity index (χ3n) is 2.53. The van der Waals surface area contributed by atoms with E-state index in [1.807, 2.05) is 0 Å². The number of thiazole rings is 1. The number of halogens is 4. The van der Waals surface area contributed by atoms with Crippen molar-refractivity contribution in [1.29, 1.82) is 0 Å². The van der Waals surface area contributed by atoms with Gasteiger partial charge in [0, 0.05) is 4.88 Å². The number of aromatic carboxylic acids is 1. The smallest absolute Gasteiger partial charge is 0.416 e. The van der Waals surface area contributed by atoms with Gasteiger partial charge in [0.15, 0.2) is 10.8 Å². The molecule has 0 saturated heterocycles. The molecule has 0 spiro atoms. The van der Waals surface area contributed by atoms with Crippen LogP contribution in [0.5, 0.6) is 0 Å². The summed E-state index contributed by atoms with van der Waals surface area (Å²) in [6.45, 7) is 1.49. The summed E-state index contributed by atoms with van der Waals surface area (Å²) in [5.41, 5.74) is -1.66. The van der Waals surface area contributed by atoms with Crippen LogP contribution in [0.4, 0.5) is 28.4 Å². The first-order valence-corrected chi connectivity index (χ1v) is 6.34. The lowest BCUT2D eigenvalue weighted by molar-refractivity contribution is -0.137. The van der Waals surface area contributed by atoms with Gasteiger partial charge in [-0.15, -0.1) is 11.3 Å². The lowest BCUT2D eigenvalue weighted by Crippen LogP contribution is -2.06. The number of benzene rings is 1. The highest BCUT2D eigenvalue weighted by atomic mass is 32.1. The Bertz CT molecular complexity index is 697. The maximum absolute atomic E-state index is 13.5. The van der Waals surface area contributed by atoms with Crippen LogP contribution in [-0.4, -0.2) is 16.1 Å². The summed E-state index contributed by atoms with van der Waals surface area (Å²) in [5.74, 6) is -2.16. The normalized spacial score (nSPS) is 11.5. The lowest BCUT2D eigenvalue weighted by Gasteiger charge is -2.10. The van der Waals surface area contributed by atoms with E-state index in [1.165, 1.54) is 6.92 Å². The van der Waals surface area contributed by atoms with Crippen LogP contribution in [0.15, 0.2) is 18.2 Å². The monoisotopic (exact) mass is 320 g/mol. The second-order valence-electron chi connectivity index (χ2n) is 4.05. The van der Waals surface area contributed by atoms with Gasteiger partial charge in [-0.1, -0.05) is 0 Å². The zero-order chi connectivity index (χ0) is 15.8. The molecule has 0 aliphatic carbocycles. The molecule has 9 heteroatoms. The van der Waals surface area contributed by atoms with Crippen LogP contribution in [-0.2, 0) is 6.18 Å². The molecule has 112 valence electrons. The number of nitrogens with zero attached hydrogens (tertiary/aromatic N) is 1. The predicted octanol–water partition coefficient (Wildman–Crippen LogP) is 4.05. The minimum atomic E-state index is -4.60. The van der Waals surface area contributed by atoms with Crippen molar-refractivity contribution >= 4 is 28.1 Å². The maximum Gasteiger partial charge on any atom is 0.416 e. The predicted molar refractivity (Wildman–Crippen MR) is 68.5 cm³/mol. The summed E-state index contributed by atoms with van der Waals surface area (Å²) in [6.07, 6.45) is -4.60. The van der Waals surface area contributed by atoms with Gasteiger partial charge in [0.25, 0.3) is 0 Å². The Balaban J connectivity index is 2.35. The average molecular weight is 320 g/mol. The zero-order valence-corrected chi connectivity index (χ0v) is 11.3. The molecule has 2 aromatic rings. The van der Waals surface area contributed by atoms with Crippen molar-refractivity contribution in [3.63, 3.8) is 0 Å². The highest BCUT2D eigenvalue weighted by Crippen LogP contribution is 2.33. The SMILES string of the molecule is Cc1sc(Nc2cc(C(F)(F)F)ccc2F)nc1C(=O)O. The number of aromatic nitrogens is 1. The summed E-state index contributed by atoms with van der Waals surface area (Å²) < 4.78 is 51.3. The number of rotatable bonds is 3. The van der Waals surface area contributed by atoms with E-state index in [9.17, 15) is 22.4 Å². The molecule has 4 nitrogen and oxygen atoms in total. The third-order valence-corrected chi connectivity index (χ3v) is 3.42. The molecule has 0 aliphatic heterocycles. The summed E-state index contributed by atoms with van der Waals surface area (Å²) in [7, 11) is 0. The highest BCUT2D eigenvalue weighted by molar-refractivity contribution is 7.15. The standard InChI is InChI=1S/C12H8F4N2O2S/c1-5-9(10(19)20)18-11(21-5)17-8-4-6(12(14,15)16)2-3-7(8)13/h2-4H,1H3,(H,17,18)(H,19,20). The van der Waals surface area contributed by atoms with Crippen molar-refractivity contribution in [2.75, 3.05) is 5.32 Å². The molecule has 1 aromatic heterocycles. The molecule has 0 bridgehead atoms. The van der Waals surface area contributed by atoms with E-state index in [2.05, 4.69) is 10.3 Å². The highest BCUT2D eigenvalue weighted by Gasteiger charge is 2.31. The summed E-state index contributed by atoms with van der Waals surface area (Å²) in [5, 5.41) is 11.2. The number of nitrogens with one attached hydrogen (secondary N) is 1. The fraction of sp³-hybridized carbons (Fsp3) is 0.167. The van der Waals surface area contributed by atoms with E-state index in [4.69, 9.17) is 5.11 Å². The molecule has 1 heterocycles. The van der Waals surface area contributed by atoms with Gasteiger partial charge >= 0.3 is 12.1 Å². The van der Waals surface area contributed by atoms with Crippen molar-refractivity contribution in [2.45, 2.75) is 13.1 Å². The molecule has 0 fully saturated rings. The van der Waals surface area contributed by atoms with Gasteiger partial charge in [-0.05, 0) is 25.1 Å². The molecule has 21 heavy (non-hydrogen) atoms. The van der Waals surface area contributed by atoms with E-state index in [0.717, 1.165) is 11.3 Å². The number of aryl methyl sites for hydroxylation is 1. The fourth-order valence-electron chi connectivity index (χ4n) is 1.56. The van der Waals surface area contributed by atoms with Gasteiger partial charge in [0.05, 0.1) is 11.3 Å². The Morgan fingerprint density at radius 2 is 2.05 bits per heavy atom. The molecular formula is C12H8F4N2O2S. The van der Waals surface area contributed by atoms with Gasteiger partial charge in [0.2, 0.25) is 0 Å². The number of anilines is 2. The van der Waals surface area contributed by atoms with Gasteiger partial charge in [-0.3, -0.25) is 0 Å². The van der Waals surface area contributed by atoms with Crippen LogP contribution in [0, 0.1) is 12.7 Å². The van der Waals surface area contributed by atoms with Crippen molar-refractivity contribution in [3.8, 4) is 0 Å². The van der Waals surface area contributed by atoms with Crippen LogP contribution in [0.1, 0.15) is 20.9 Å². The second-order valence-corrected chi connectivity index (χ2v) is 5.25. The van der Waals surface area contributed by atoms with Crippen LogP contribution in [0.2, 0.25) is 0 Å². The molecule has 0 unspecified atom stereocenters. The Kier molecular flexibility index (Phi) is 3.86. The van der Waals surface area contributed by atoms with Gasteiger partial charge < -0.3 is 10.4 Å². The Hall–Kier alpha value is -2.16. The van der Waals surface area contributed by atoms with Crippen LogP contribution < -0.4 is 5.32 Å². The molecule has 0 amide bonds. The molecule has 0 atom stereocenters.